The molecule has 0 amide bonds. The Bertz CT molecular complexity index is 578. The Hall–Kier alpha value is -1.81. The lowest BCUT2D eigenvalue weighted by atomic mass is 10.0. The summed E-state index contributed by atoms with van der Waals surface area (Å²) in [5.41, 5.74) is 3.81. The molecule has 0 fully saturated rings. The van der Waals surface area contributed by atoms with Gasteiger partial charge in [0.1, 0.15) is 5.76 Å². The number of rotatable bonds is 4. The van der Waals surface area contributed by atoms with Crippen molar-refractivity contribution in [3.05, 3.63) is 59.0 Å². The molecule has 0 saturated carbocycles. The van der Waals surface area contributed by atoms with Gasteiger partial charge in [-0.3, -0.25) is 0 Å². The molecule has 106 valence electrons. The zero-order valence-electron chi connectivity index (χ0n) is 12.1. The number of furan rings is 1. The molecule has 0 spiro atoms. The highest BCUT2D eigenvalue weighted by Gasteiger charge is 2.09. The van der Waals surface area contributed by atoms with E-state index in [0.29, 0.717) is 11.7 Å². The molecule has 3 nitrogen and oxygen atoms in total. The van der Waals surface area contributed by atoms with E-state index in [1.807, 2.05) is 12.1 Å². The van der Waals surface area contributed by atoms with Gasteiger partial charge in [-0.25, -0.2) is 0 Å². The van der Waals surface area contributed by atoms with Crippen molar-refractivity contribution in [1.82, 2.24) is 10.6 Å². The highest BCUT2D eigenvalue weighted by molar-refractivity contribution is 7.80. The van der Waals surface area contributed by atoms with Crippen molar-refractivity contribution in [2.24, 2.45) is 0 Å². The van der Waals surface area contributed by atoms with Crippen LogP contribution < -0.4 is 10.6 Å². The van der Waals surface area contributed by atoms with Crippen LogP contribution in [0.2, 0.25) is 0 Å². The quantitative estimate of drug-likeness (QED) is 0.843. The second-order valence-electron chi connectivity index (χ2n) is 4.99. The zero-order valence-corrected chi connectivity index (χ0v) is 12.9. The highest BCUT2D eigenvalue weighted by Crippen LogP contribution is 2.18. The molecule has 0 bridgehead atoms. The molecule has 0 aliphatic heterocycles. The van der Waals surface area contributed by atoms with Crippen LogP contribution in [-0.2, 0) is 6.54 Å². The smallest absolute Gasteiger partial charge is 0.167 e. The largest absolute Gasteiger partial charge is 0.467 e. The van der Waals surface area contributed by atoms with E-state index in [-0.39, 0.29) is 6.04 Å². The number of thiocarbonyl (C=S) groups is 1. The van der Waals surface area contributed by atoms with Gasteiger partial charge in [0.25, 0.3) is 0 Å². The van der Waals surface area contributed by atoms with E-state index in [0.717, 1.165) is 5.76 Å². The first-order chi connectivity index (χ1) is 9.56. The number of benzene rings is 1. The van der Waals surface area contributed by atoms with Crippen LogP contribution in [0, 0.1) is 13.8 Å². The Kier molecular flexibility index (Phi) is 4.79. The molecule has 0 radical (unpaired) electrons. The van der Waals surface area contributed by atoms with E-state index in [9.17, 15) is 0 Å². The third-order valence-electron chi connectivity index (χ3n) is 3.24. The summed E-state index contributed by atoms with van der Waals surface area (Å²) in [5.74, 6) is 0.869. The first-order valence-corrected chi connectivity index (χ1v) is 7.11. The second-order valence-corrected chi connectivity index (χ2v) is 5.40. The van der Waals surface area contributed by atoms with Crippen molar-refractivity contribution in [1.29, 1.82) is 0 Å². The van der Waals surface area contributed by atoms with Gasteiger partial charge in [0.15, 0.2) is 5.11 Å². The first kappa shape index (κ1) is 14.6. The minimum Gasteiger partial charge on any atom is -0.467 e. The van der Waals surface area contributed by atoms with Crippen LogP contribution in [0.4, 0.5) is 0 Å². The molecular weight excluding hydrogens is 268 g/mol. The molecule has 0 unspecified atom stereocenters. The number of hydrogen-bond acceptors (Lipinski definition) is 2. The maximum Gasteiger partial charge on any atom is 0.167 e. The van der Waals surface area contributed by atoms with Gasteiger partial charge in [-0.15, -0.1) is 0 Å². The fourth-order valence-corrected chi connectivity index (χ4v) is 2.47. The Labute approximate surface area is 125 Å². The lowest BCUT2D eigenvalue weighted by Gasteiger charge is -2.19. The average molecular weight is 288 g/mol. The average Bonchev–Trinajstić information content (AvgIpc) is 2.89. The second kappa shape index (κ2) is 6.57. The molecule has 2 aromatic rings. The monoisotopic (exact) mass is 288 g/mol. The minimum absolute atomic E-state index is 0.173. The molecule has 1 aromatic carbocycles. The summed E-state index contributed by atoms with van der Waals surface area (Å²) in [4.78, 5) is 0. The van der Waals surface area contributed by atoms with Crippen LogP contribution in [0.15, 0.2) is 41.0 Å². The number of hydrogen-bond donors (Lipinski definition) is 2. The maximum absolute atomic E-state index is 5.31. The van der Waals surface area contributed by atoms with Crippen molar-refractivity contribution in [2.75, 3.05) is 0 Å². The van der Waals surface area contributed by atoms with Crippen LogP contribution in [0.3, 0.4) is 0 Å². The summed E-state index contributed by atoms with van der Waals surface area (Å²) in [7, 11) is 0. The summed E-state index contributed by atoms with van der Waals surface area (Å²) in [5, 5.41) is 7.07. The van der Waals surface area contributed by atoms with E-state index >= 15 is 0 Å². The van der Waals surface area contributed by atoms with Crippen LogP contribution >= 0.6 is 12.2 Å². The fourth-order valence-electron chi connectivity index (χ4n) is 2.22. The van der Waals surface area contributed by atoms with E-state index in [1.165, 1.54) is 16.7 Å². The zero-order chi connectivity index (χ0) is 14.5. The first-order valence-electron chi connectivity index (χ1n) is 6.70. The van der Waals surface area contributed by atoms with Crippen LogP contribution in [0.1, 0.15) is 35.4 Å². The predicted molar refractivity (Wildman–Crippen MR) is 85.6 cm³/mol. The van der Waals surface area contributed by atoms with Crippen LogP contribution in [-0.4, -0.2) is 5.11 Å². The van der Waals surface area contributed by atoms with E-state index in [1.54, 1.807) is 6.26 Å². The Morgan fingerprint density at radius 1 is 1.30 bits per heavy atom. The molecule has 1 heterocycles. The molecular formula is C16H20N2OS. The maximum atomic E-state index is 5.31. The molecule has 1 atom stereocenters. The van der Waals surface area contributed by atoms with Crippen molar-refractivity contribution >= 4 is 17.3 Å². The van der Waals surface area contributed by atoms with Gasteiger partial charge in [-0.1, -0.05) is 23.8 Å². The Morgan fingerprint density at radius 2 is 2.10 bits per heavy atom. The fraction of sp³-hybridized carbons (Fsp3) is 0.312. The van der Waals surface area contributed by atoms with Crippen molar-refractivity contribution in [3.63, 3.8) is 0 Å². The normalized spacial score (nSPS) is 11.9. The lowest BCUT2D eigenvalue weighted by molar-refractivity contribution is 0.501. The molecule has 0 aliphatic rings. The highest BCUT2D eigenvalue weighted by atomic mass is 32.1. The van der Waals surface area contributed by atoms with Gasteiger partial charge >= 0.3 is 0 Å². The molecule has 0 saturated heterocycles. The molecule has 4 heteroatoms. The minimum atomic E-state index is 0.173. The molecule has 0 aliphatic carbocycles. The van der Waals surface area contributed by atoms with Crippen molar-refractivity contribution in [2.45, 2.75) is 33.4 Å². The van der Waals surface area contributed by atoms with Crippen molar-refractivity contribution < 1.29 is 4.42 Å². The van der Waals surface area contributed by atoms with Gasteiger partial charge in [0.05, 0.1) is 18.8 Å². The topological polar surface area (TPSA) is 37.2 Å². The van der Waals surface area contributed by atoms with E-state index in [2.05, 4.69) is 49.6 Å². The molecule has 2 rings (SSSR count). The third-order valence-corrected chi connectivity index (χ3v) is 3.50. The predicted octanol–water partition coefficient (Wildman–Crippen LogP) is 3.62. The summed E-state index contributed by atoms with van der Waals surface area (Å²) in [6, 6.07) is 10.4. The van der Waals surface area contributed by atoms with Gasteiger partial charge in [-0.05, 0) is 56.2 Å². The molecule has 2 N–H and O–H groups in total. The third kappa shape index (κ3) is 3.84. The molecule has 1 aromatic heterocycles. The van der Waals surface area contributed by atoms with Gasteiger partial charge < -0.3 is 15.1 Å². The van der Waals surface area contributed by atoms with Gasteiger partial charge in [0, 0.05) is 0 Å². The Balaban J connectivity index is 1.90. The summed E-state index contributed by atoms with van der Waals surface area (Å²) in [6.07, 6.45) is 1.66. The number of aryl methyl sites for hydroxylation is 2. The SMILES string of the molecule is Cc1ccc([C@H](C)NC(=S)NCc2ccco2)c(C)c1. The van der Waals surface area contributed by atoms with Crippen molar-refractivity contribution in [3.8, 4) is 0 Å². The number of nitrogens with one attached hydrogen (secondary N) is 2. The van der Waals surface area contributed by atoms with E-state index in [4.69, 9.17) is 16.6 Å². The van der Waals surface area contributed by atoms with Crippen LogP contribution in [0.25, 0.3) is 0 Å². The lowest BCUT2D eigenvalue weighted by Crippen LogP contribution is -2.36. The van der Waals surface area contributed by atoms with Crippen LogP contribution in [0.5, 0.6) is 0 Å². The summed E-state index contributed by atoms with van der Waals surface area (Å²) < 4.78 is 5.26. The van der Waals surface area contributed by atoms with Gasteiger partial charge in [0.2, 0.25) is 0 Å². The summed E-state index contributed by atoms with van der Waals surface area (Å²) in [6.45, 7) is 6.93. The molecule has 20 heavy (non-hydrogen) atoms. The summed E-state index contributed by atoms with van der Waals surface area (Å²) >= 11 is 5.31. The Morgan fingerprint density at radius 3 is 2.75 bits per heavy atom. The van der Waals surface area contributed by atoms with E-state index < -0.39 is 0 Å². The standard InChI is InChI=1S/C16H20N2OS/c1-11-6-7-15(12(2)9-11)13(3)18-16(20)17-10-14-5-4-8-19-14/h4-9,13H,10H2,1-3H3,(H2,17,18,20)/t13-/m0/s1. The van der Waals surface area contributed by atoms with Gasteiger partial charge in [-0.2, -0.15) is 0 Å².